The highest BCUT2D eigenvalue weighted by Gasteiger charge is 2.24. The normalized spacial score (nSPS) is 11.7. The molecule has 0 saturated heterocycles. The van der Waals surface area contributed by atoms with Gasteiger partial charge in [0.2, 0.25) is 0 Å². The molecule has 0 unspecified atom stereocenters. The lowest BCUT2D eigenvalue weighted by atomic mass is 9.96. The molecule has 0 fully saturated rings. The molecule has 2 aromatic heterocycles. The lowest BCUT2D eigenvalue weighted by molar-refractivity contribution is 0.672. The molecule has 10 aromatic carbocycles. The van der Waals surface area contributed by atoms with Crippen LogP contribution in [0, 0.1) is 0 Å². The molecule has 0 bridgehead atoms. The van der Waals surface area contributed by atoms with Crippen LogP contribution >= 0.6 is 11.3 Å². The summed E-state index contributed by atoms with van der Waals surface area (Å²) in [4.78, 5) is 2.43. The fourth-order valence-corrected chi connectivity index (χ4v) is 10.3. The molecule has 2 heterocycles. The number of rotatable bonds is 6. The third-order valence-electron chi connectivity index (χ3n) is 11.8. The van der Waals surface area contributed by atoms with Gasteiger partial charge in [0.1, 0.15) is 11.2 Å². The molecule has 12 rings (SSSR count). The molecular weight excluding hydrogens is 735 g/mol. The standard InChI is InChI=1S/C56H35NOS/c1-2-14-39-35-42(27-26-36(39)12-1)41-16-9-15-40(34-41)37-28-31-43(32-29-37)57(51-23-11-24-52-54(51)49-33-30-38-13-3-4-17-44(38)55(49)58-52)50-22-7-5-18-45(50)47-20-10-21-48-46-19-6-8-25-53(46)59-56(47)48/h1-35H. The highest BCUT2D eigenvalue weighted by Crippen LogP contribution is 2.49. The van der Waals surface area contributed by atoms with Crippen molar-refractivity contribution in [3.63, 3.8) is 0 Å². The topological polar surface area (TPSA) is 16.4 Å². The Hall–Kier alpha value is -7.46. The van der Waals surface area contributed by atoms with Crippen LogP contribution in [0.5, 0.6) is 0 Å². The quantitative estimate of drug-likeness (QED) is 0.167. The van der Waals surface area contributed by atoms with Crippen molar-refractivity contribution in [2.24, 2.45) is 0 Å². The van der Waals surface area contributed by atoms with Crippen LogP contribution in [0.4, 0.5) is 17.1 Å². The van der Waals surface area contributed by atoms with E-state index in [-0.39, 0.29) is 0 Å². The molecule has 0 atom stereocenters. The summed E-state index contributed by atoms with van der Waals surface area (Å²) in [7, 11) is 0. The maximum absolute atomic E-state index is 6.76. The number of thiophene rings is 1. The smallest absolute Gasteiger partial charge is 0.143 e. The zero-order valence-corrected chi connectivity index (χ0v) is 32.8. The zero-order chi connectivity index (χ0) is 38.9. The molecule has 0 amide bonds. The molecule has 276 valence electrons. The van der Waals surface area contributed by atoms with Gasteiger partial charge in [0.25, 0.3) is 0 Å². The summed E-state index contributed by atoms with van der Waals surface area (Å²) in [5.74, 6) is 0. The highest BCUT2D eigenvalue weighted by atomic mass is 32.1. The Balaban J connectivity index is 1.05. The average Bonchev–Trinajstić information content (AvgIpc) is 3.89. The largest absolute Gasteiger partial charge is 0.455 e. The van der Waals surface area contributed by atoms with Crippen LogP contribution in [0.3, 0.4) is 0 Å². The SMILES string of the molecule is c1cc(-c2ccc(N(c3ccccc3-c3cccc4c3sc3ccccc34)c3cccc4oc5c6ccccc6ccc5c34)cc2)cc(-c2ccc3ccccc3c2)c1. The summed E-state index contributed by atoms with van der Waals surface area (Å²) in [5.41, 5.74) is 12.2. The van der Waals surface area contributed by atoms with Gasteiger partial charge in [-0.05, 0) is 93.0 Å². The van der Waals surface area contributed by atoms with E-state index in [9.17, 15) is 0 Å². The van der Waals surface area contributed by atoms with E-state index >= 15 is 0 Å². The molecule has 3 heteroatoms. The van der Waals surface area contributed by atoms with E-state index in [1.165, 1.54) is 64.1 Å². The third-order valence-corrected chi connectivity index (χ3v) is 13.1. The van der Waals surface area contributed by atoms with Crippen molar-refractivity contribution >= 4 is 92.1 Å². The second-order valence-corrected chi connectivity index (χ2v) is 16.3. The molecule has 0 radical (unpaired) electrons. The molecule has 12 aromatic rings. The van der Waals surface area contributed by atoms with Gasteiger partial charge in [0.05, 0.1) is 16.8 Å². The minimum atomic E-state index is 0.866. The van der Waals surface area contributed by atoms with E-state index in [2.05, 4.69) is 217 Å². The van der Waals surface area contributed by atoms with Gasteiger partial charge in [0, 0.05) is 47.8 Å². The molecule has 0 N–H and O–H groups in total. The van der Waals surface area contributed by atoms with E-state index in [4.69, 9.17) is 4.42 Å². The first-order valence-corrected chi connectivity index (χ1v) is 20.9. The number of benzene rings is 10. The van der Waals surface area contributed by atoms with Gasteiger partial charge in [-0.1, -0.05) is 158 Å². The summed E-state index contributed by atoms with van der Waals surface area (Å²) in [6, 6.07) is 76.9. The van der Waals surface area contributed by atoms with Gasteiger partial charge in [-0.15, -0.1) is 11.3 Å². The monoisotopic (exact) mass is 769 g/mol. The molecule has 0 saturated carbocycles. The molecule has 2 nitrogen and oxygen atoms in total. The number of hydrogen-bond acceptors (Lipinski definition) is 3. The van der Waals surface area contributed by atoms with E-state index < -0.39 is 0 Å². The Bertz CT molecular complexity index is 3570. The van der Waals surface area contributed by atoms with Gasteiger partial charge in [-0.25, -0.2) is 0 Å². The third kappa shape index (κ3) is 5.55. The first kappa shape index (κ1) is 33.7. The van der Waals surface area contributed by atoms with Crippen molar-refractivity contribution in [1.29, 1.82) is 0 Å². The van der Waals surface area contributed by atoms with Crippen LogP contribution in [0.2, 0.25) is 0 Å². The highest BCUT2D eigenvalue weighted by molar-refractivity contribution is 7.26. The van der Waals surface area contributed by atoms with Crippen LogP contribution in [0.1, 0.15) is 0 Å². The minimum absolute atomic E-state index is 0.866. The number of para-hydroxylation sites is 1. The van der Waals surface area contributed by atoms with Crippen LogP contribution in [-0.4, -0.2) is 0 Å². The predicted molar refractivity (Wildman–Crippen MR) is 253 cm³/mol. The fraction of sp³-hybridized carbons (Fsp3) is 0. The Morgan fingerprint density at radius 3 is 1.90 bits per heavy atom. The van der Waals surface area contributed by atoms with E-state index in [0.29, 0.717) is 0 Å². The molecular formula is C56H35NOS. The van der Waals surface area contributed by atoms with Gasteiger partial charge in [-0.2, -0.15) is 0 Å². The van der Waals surface area contributed by atoms with Crippen molar-refractivity contribution in [3.8, 4) is 33.4 Å². The Morgan fingerprint density at radius 1 is 0.373 bits per heavy atom. The van der Waals surface area contributed by atoms with Crippen molar-refractivity contribution in [2.45, 2.75) is 0 Å². The second kappa shape index (κ2) is 13.6. The first-order valence-electron chi connectivity index (χ1n) is 20.1. The van der Waals surface area contributed by atoms with E-state index in [1.54, 1.807) is 0 Å². The minimum Gasteiger partial charge on any atom is -0.455 e. The number of nitrogens with zero attached hydrogens (tertiary/aromatic N) is 1. The molecule has 0 spiro atoms. The lowest BCUT2D eigenvalue weighted by Gasteiger charge is -2.29. The van der Waals surface area contributed by atoms with E-state index in [1.807, 2.05) is 11.3 Å². The molecule has 0 aliphatic rings. The maximum atomic E-state index is 6.76. The molecule has 0 aliphatic carbocycles. The Morgan fingerprint density at radius 2 is 1.00 bits per heavy atom. The molecule has 0 aliphatic heterocycles. The van der Waals surface area contributed by atoms with Crippen LogP contribution in [0.25, 0.3) is 97.0 Å². The van der Waals surface area contributed by atoms with Gasteiger partial charge in [0.15, 0.2) is 0 Å². The van der Waals surface area contributed by atoms with Gasteiger partial charge in [-0.3, -0.25) is 0 Å². The summed E-state index contributed by atoms with van der Waals surface area (Å²) >= 11 is 1.87. The second-order valence-electron chi connectivity index (χ2n) is 15.2. The Kier molecular flexibility index (Phi) is 7.75. The van der Waals surface area contributed by atoms with Crippen LogP contribution in [-0.2, 0) is 0 Å². The number of fused-ring (bicyclic) bond motifs is 9. The van der Waals surface area contributed by atoms with E-state index in [0.717, 1.165) is 50.0 Å². The van der Waals surface area contributed by atoms with Crippen molar-refractivity contribution < 1.29 is 4.42 Å². The van der Waals surface area contributed by atoms with Crippen molar-refractivity contribution in [3.05, 3.63) is 212 Å². The Labute approximate surface area is 345 Å². The average molecular weight is 770 g/mol. The number of furan rings is 1. The number of anilines is 3. The summed E-state index contributed by atoms with van der Waals surface area (Å²) in [6.45, 7) is 0. The van der Waals surface area contributed by atoms with Crippen LogP contribution < -0.4 is 4.90 Å². The zero-order valence-electron chi connectivity index (χ0n) is 32.0. The first-order chi connectivity index (χ1) is 29.2. The van der Waals surface area contributed by atoms with Crippen LogP contribution in [0.15, 0.2) is 217 Å². The fourth-order valence-electron chi connectivity index (χ4n) is 9.04. The summed E-state index contributed by atoms with van der Waals surface area (Å²) in [6.07, 6.45) is 0. The maximum Gasteiger partial charge on any atom is 0.143 e. The summed E-state index contributed by atoms with van der Waals surface area (Å²) < 4.78 is 9.35. The van der Waals surface area contributed by atoms with Crippen molar-refractivity contribution in [2.75, 3.05) is 4.90 Å². The predicted octanol–water partition coefficient (Wildman–Crippen LogP) is 16.7. The van der Waals surface area contributed by atoms with Crippen molar-refractivity contribution in [1.82, 2.24) is 0 Å². The number of hydrogen-bond donors (Lipinski definition) is 0. The summed E-state index contributed by atoms with van der Waals surface area (Å²) in [5, 5.41) is 9.56. The van der Waals surface area contributed by atoms with Gasteiger partial charge >= 0.3 is 0 Å². The molecule has 59 heavy (non-hydrogen) atoms. The lowest BCUT2D eigenvalue weighted by Crippen LogP contribution is -2.11. The van der Waals surface area contributed by atoms with Gasteiger partial charge < -0.3 is 9.32 Å².